The second-order valence-electron chi connectivity index (χ2n) is 7.03. The summed E-state index contributed by atoms with van der Waals surface area (Å²) in [5.41, 5.74) is 1.73. The number of benzene rings is 3. The van der Waals surface area contributed by atoms with E-state index >= 15 is 0 Å². The molecule has 0 saturated carbocycles. The van der Waals surface area contributed by atoms with Crippen molar-refractivity contribution in [2.24, 2.45) is 0 Å². The zero-order chi connectivity index (χ0) is 20.1. The third-order valence-corrected chi connectivity index (χ3v) is 5.03. The average Bonchev–Trinajstić information content (AvgIpc) is 2.66. The molecule has 28 heavy (non-hydrogen) atoms. The molecule has 1 aliphatic rings. The zero-order valence-electron chi connectivity index (χ0n) is 15.5. The Labute approximate surface area is 160 Å². The lowest BCUT2D eigenvalue weighted by Gasteiger charge is -2.26. The van der Waals surface area contributed by atoms with E-state index in [9.17, 15) is 17.6 Å². The van der Waals surface area contributed by atoms with Gasteiger partial charge in [-0.1, -0.05) is 49.7 Å². The van der Waals surface area contributed by atoms with Gasteiger partial charge in [-0.3, -0.25) is 0 Å². The van der Waals surface area contributed by atoms with Crippen molar-refractivity contribution in [1.82, 2.24) is 0 Å². The molecule has 1 aliphatic heterocycles. The molecule has 0 N–H and O–H groups in total. The Morgan fingerprint density at radius 1 is 0.964 bits per heavy atom. The van der Waals surface area contributed by atoms with Crippen molar-refractivity contribution < 1.29 is 22.3 Å². The van der Waals surface area contributed by atoms with Crippen LogP contribution in [-0.2, 0) is 6.42 Å². The maximum atomic E-state index is 15.0. The van der Waals surface area contributed by atoms with Crippen LogP contribution in [-0.4, -0.2) is 6.11 Å². The quantitative estimate of drug-likeness (QED) is 0.435. The first-order chi connectivity index (χ1) is 13.3. The second-order valence-corrected chi connectivity index (χ2v) is 7.03. The van der Waals surface area contributed by atoms with Crippen LogP contribution < -0.4 is 4.74 Å². The van der Waals surface area contributed by atoms with E-state index in [4.69, 9.17) is 4.74 Å². The van der Waals surface area contributed by atoms with Crippen LogP contribution in [0.4, 0.5) is 17.6 Å². The summed E-state index contributed by atoms with van der Waals surface area (Å²) in [6.45, 7) is 3.30. The molecular weight excluding hydrogens is 368 g/mol. The molecule has 3 aromatic rings. The fourth-order valence-corrected chi connectivity index (χ4v) is 3.51. The molecule has 0 aromatic heterocycles. The van der Waals surface area contributed by atoms with E-state index in [1.807, 2.05) is 12.1 Å². The maximum absolute atomic E-state index is 15.0. The molecule has 3 aromatic carbocycles. The predicted molar refractivity (Wildman–Crippen MR) is 103 cm³/mol. The molecule has 0 saturated heterocycles. The van der Waals surface area contributed by atoms with Gasteiger partial charge >= 0.3 is 6.11 Å². The maximum Gasteiger partial charge on any atom is 0.422 e. The van der Waals surface area contributed by atoms with Crippen LogP contribution in [0.2, 0.25) is 0 Å². The second kappa shape index (κ2) is 6.66. The van der Waals surface area contributed by atoms with Gasteiger partial charge in [-0.2, -0.15) is 8.78 Å². The monoisotopic (exact) mass is 386 g/mol. The Balaban J connectivity index is 1.90. The summed E-state index contributed by atoms with van der Waals surface area (Å²) >= 11 is 0. The van der Waals surface area contributed by atoms with Crippen LogP contribution in [0.25, 0.3) is 28.0 Å². The van der Waals surface area contributed by atoms with E-state index in [0.29, 0.717) is 16.5 Å². The number of fused-ring (bicyclic) bond motifs is 3. The highest BCUT2D eigenvalue weighted by molar-refractivity contribution is 5.96. The molecule has 5 heteroatoms. The van der Waals surface area contributed by atoms with E-state index in [2.05, 4.69) is 6.92 Å². The zero-order valence-corrected chi connectivity index (χ0v) is 15.5. The number of rotatable bonds is 3. The lowest BCUT2D eigenvalue weighted by molar-refractivity contribution is -0.142. The van der Waals surface area contributed by atoms with Gasteiger partial charge in [0, 0.05) is 16.7 Å². The fraction of sp³-hybridized carbons (Fsp3) is 0.217. The Kier molecular flexibility index (Phi) is 4.41. The van der Waals surface area contributed by atoms with Gasteiger partial charge in [0.1, 0.15) is 5.75 Å². The van der Waals surface area contributed by atoms with Gasteiger partial charge in [0.05, 0.1) is 5.39 Å². The van der Waals surface area contributed by atoms with Crippen LogP contribution in [0.1, 0.15) is 31.4 Å². The molecule has 0 bridgehead atoms. The number of alkyl halides is 2. The first kappa shape index (κ1) is 18.5. The van der Waals surface area contributed by atoms with Crippen LogP contribution in [0.5, 0.6) is 5.75 Å². The van der Waals surface area contributed by atoms with E-state index in [1.54, 1.807) is 24.3 Å². The van der Waals surface area contributed by atoms with Crippen molar-refractivity contribution in [2.45, 2.75) is 32.8 Å². The number of ether oxygens (including phenoxy) is 1. The standard InChI is InChI=1S/C23H18F4O/c1-3-4-14-5-7-15(8-6-14)18-12-16-9-10-17-11-13(2)23(26,27)28-22(17)19(16)21(25)20(18)24/h5-12H,3-4H2,1-2H3. The van der Waals surface area contributed by atoms with Crippen molar-refractivity contribution in [1.29, 1.82) is 0 Å². The number of halogens is 4. The summed E-state index contributed by atoms with van der Waals surface area (Å²) in [5, 5.41) is 0.0267. The van der Waals surface area contributed by atoms with Crippen molar-refractivity contribution in [3.8, 4) is 16.9 Å². The molecule has 0 unspecified atom stereocenters. The minimum atomic E-state index is -3.56. The van der Waals surface area contributed by atoms with Gasteiger partial charge in [0.2, 0.25) is 0 Å². The molecule has 0 atom stereocenters. The molecule has 4 rings (SSSR count). The molecule has 0 aliphatic carbocycles. The smallest absolute Gasteiger partial charge is 0.422 e. The van der Waals surface area contributed by atoms with Crippen molar-refractivity contribution in [3.63, 3.8) is 0 Å². The van der Waals surface area contributed by atoms with E-state index in [-0.39, 0.29) is 22.3 Å². The van der Waals surface area contributed by atoms with Crippen molar-refractivity contribution >= 4 is 16.8 Å². The fourth-order valence-electron chi connectivity index (χ4n) is 3.51. The Hall–Kier alpha value is -2.82. The minimum Gasteiger partial charge on any atom is -0.428 e. The first-order valence-electron chi connectivity index (χ1n) is 9.11. The highest BCUT2D eigenvalue weighted by atomic mass is 19.3. The largest absolute Gasteiger partial charge is 0.428 e. The molecule has 0 amide bonds. The predicted octanol–water partition coefficient (Wildman–Crippen LogP) is 7.13. The summed E-state index contributed by atoms with van der Waals surface area (Å²) < 4.78 is 62.5. The van der Waals surface area contributed by atoms with Gasteiger partial charge in [0.25, 0.3) is 0 Å². The first-order valence-corrected chi connectivity index (χ1v) is 9.11. The van der Waals surface area contributed by atoms with Crippen LogP contribution >= 0.6 is 0 Å². The highest BCUT2D eigenvalue weighted by Gasteiger charge is 2.39. The molecular formula is C23H18F4O. The van der Waals surface area contributed by atoms with E-state index in [1.165, 1.54) is 19.1 Å². The average molecular weight is 386 g/mol. The summed E-state index contributed by atoms with van der Waals surface area (Å²) in [7, 11) is 0. The molecule has 0 fully saturated rings. The summed E-state index contributed by atoms with van der Waals surface area (Å²) in [5.74, 6) is -2.61. The Bertz CT molecular complexity index is 1100. The lowest BCUT2D eigenvalue weighted by Crippen LogP contribution is -2.29. The van der Waals surface area contributed by atoms with Crippen LogP contribution in [0.15, 0.2) is 48.0 Å². The topological polar surface area (TPSA) is 9.23 Å². The Morgan fingerprint density at radius 3 is 2.36 bits per heavy atom. The third-order valence-electron chi connectivity index (χ3n) is 5.03. The van der Waals surface area contributed by atoms with Gasteiger partial charge in [-0.15, -0.1) is 0 Å². The van der Waals surface area contributed by atoms with Crippen LogP contribution in [0, 0.1) is 11.6 Å². The van der Waals surface area contributed by atoms with Gasteiger partial charge in [-0.05, 0) is 42.0 Å². The van der Waals surface area contributed by atoms with Crippen molar-refractivity contribution in [3.05, 3.63) is 70.8 Å². The third kappa shape index (κ3) is 2.95. The van der Waals surface area contributed by atoms with Crippen LogP contribution in [0.3, 0.4) is 0 Å². The van der Waals surface area contributed by atoms with Crippen molar-refractivity contribution in [2.75, 3.05) is 0 Å². The molecule has 144 valence electrons. The normalized spacial score (nSPS) is 15.1. The number of hydrogen-bond donors (Lipinski definition) is 0. The van der Waals surface area contributed by atoms with Gasteiger partial charge in [-0.25, -0.2) is 8.78 Å². The Morgan fingerprint density at radius 2 is 1.68 bits per heavy atom. The lowest BCUT2D eigenvalue weighted by atomic mass is 9.95. The SMILES string of the molecule is CCCc1ccc(-c2cc3ccc4c(c3c(F)c2F)OC(F)(F)C(C)=C4)cc1. The minimum absolute atomic E-state index is 0.0855. The highest BCUT2D eigenvalue weighted by Crippen LogP contribution is 2.44. The summed E-state index contributed by atoms with van der Waals surface area (Å²) in [6.07, 6.45) is -0.435. The summed E-state index contributed by atoms with van der Waals surface area (Å²) in [6, 6.07) is 11.9. The van der Waals surface area contributed by atoms with E-state index < -0.39 is 17.7 Å². The molecule has 1 heterocycles. The van der Waals surface area contributed by atoms with E-state index in [0.717, 1.165) is 18.4 Å². The summed E-state index contributed by atoms with van der Waals surface area (Å²) in [4.78, 5) is 0. The molecule has 0 spiro atoms. The molecule has 0 radical (unpaired) electrons. The number of hydrogen-bond acceptors (Lipinski definition) is 1. The number of aryl methyl sites for hydroxylation is 1. The molecule has 1 nitrogen and oxygen atoms in total. The van der Waals surface area contributed by atoms with Gasteiger partial charge < -0.3 is 4.74 Å². The van der Waals surface area contributed by atoms with Gasteiger partial charge in [0.15, 0.2) is 11.6 Å².